The lowest BCUT2D eigenvalue weighted by Gasteiger charge is -2.12. The lowest BCUT2D eigenvalue weighted by molar-refractivity contribution is 1.19. The van der Waals surface area contributed by atoms with Crippen molar-refractivity contribution in [1.29, 1.82) is 0 Å². The highest BCUT2D eigenvalue weighted by atomic mass is 14.9. The minimum Gasteiger partial charge on any atom is -0.356 e. The number of H-pyrrole nitrogens is 4. The van der Waals surface area contributed by atoms with Crippen LogP contribution in [0.5, 0.6) is 0 Å². The van der Waals surface area contributed by atoms with Crippen molar-refractivity contribution in [2.24, 2.45) is 0 Å². The molecule has 12 aromatic rings. The number of anilines is 8. The molecule has 8 aromatic carbocycles. The quantitative estimate of drug-likeness (QED) is 0.0623. The number of hydrogen-bond donors (Lipinski definition) is 8. The van der Waals surface area contributed by atoms with Gasteiger partial charge in [0, 0.05) is 112 Å². The van der Waals surface area contributed by atoms with E-state index in [1.807, 2.05) is 72.8 Å². The standard InChI is InChI=1S/C68H52N8/c1-5-13-49(14-6-1)69-53-29-21-45(22-30-53)65-57-37-39-59(73-57)66(46-23-31-54(32-24-46)70-50-15-7-2-8-16-50)61-41-43-63(75-61)68(48-27-35-56(36-28-48)72-52-19-11-4-12-20-52)64-44-42-62(76-64)67(60-40-38-58(65)74-60)47-25-33-55(34-26-47)71-51-17-9-3-10-18-51/h1-44,69-76H. The van der Waals surface area contributed by atoms with Crippen LogP contribution in [0.1, 0.15) is 45.0 Å². The van der Waals surface area contributed by atoms with Crippen LogP contribution in [0.15, 0.2) is 267 Å². The van der Waals surface area contributed by atoms with Crippen molar-refractivity contribution in [1.82, 2.24) is 19.9 Å². The smallest absolute Gasteiger partial charge is 0.0485 e. The Morgan fingerprint density at radius 2 is 0.368 bits per heavy atom. The Morgan fingerprint density at radius 3 is 0.579 bits per heavy atom. The van der Waals surface area contributed by atoms with E-state index in [0.717, 1.165) is 134 Å². The summed E-state index contributed by atoms with van der Waals surface area (Å²) in [5.74, 6) is 0. The number of para-hydroxylation sites is 4. The number of hydrogen-bond acceptors (Lipinski definition) is 4. The van der Waals surface area contributed by atoms with Crippen LogP contribution in [-0.2, 0) is 0 Å². The fourth-order valence-electron chi connectivity index (χ4n) is 10.2. The number of nitrogens with one attached hydrogen (secondary N) is 8. The summed E-state index contributed by atoms with van der Waals surface area (Å²) in [6.07, 6.45) is 0. The molecule has 0 fully saturated rings. The van der Waals surface area contributed by atoms with Crippen LogP contribution in [0, 0.1) is 0 Å². The first-order chi connectivity index (χ1) is 37.6. The summed E-state index contributed by atoms with van der Waals surface area (Å²) in [6.45, 7) is 0. The molecule has 0 radical (unpaired) electrons. The zero-order valence-corrected chi connectivity index (χ0v) is 41.4. The summed E-state index contributed by atoms with van der Waals surface area (Å²) in [5, 5.41) is 18.2. The third kappa shape index (κ3) is 9.53. The Balaban J connectivity index is 1.02. The van der Waals surface area contributed by atoms with E-state index < -0.39 is 0 Å². The number of aromatic nitrogens is 4. The third-order valence-electron chi connectivity index (χ3n) is 13.8. The highest BCUT2D eigenvalue weighted by Gasteiger charge is 2.19. The van der Waals surface area contributed by atoms with Crippen LogP contribution in [0.4, 0.5) is 45.5 Å². The van der Waals surface area contributed by atoms with Gasteiger partial charge in [0.25, 0.3) is 0 Å². The molecule has 0 saturated carbocycles. The minimum absolute atomic E-state index is 0.974. The fourth-order valence-corrected chi connectivity index (χ4v) is 10.2. The van der Waals surface area contributed by atoms with E-state index in [0.29, 0.717) is 0 Å². The summed E-state index contributed by atoms with van der Waals surface area (Å²) in [6, 6.07) is 93.5. The molecule has 4 aromatic heterocycles. The topological polar surface area (TPSA) is 111 Å². The maximum Gasteiger partial charge on any atom is 0.0485 e. The second-order valence-electron chi connectivity index (χ2n) is 18.9. The molecule has 8 N–H and O–H groups in total. The van der Waals surface area contributed by atoms with Gasteiger partial charge in [-0.15, -0.1) is 0 Å². The average Bonchev–Trinajstić information content (AvgIpc) is 4.34. The Hall–Kier alpha value is -10.4. The van der Waals surface area contributed by atoms with Gasteiger partial charge in [0.1, 0.15) is 0 Å². The van der Waals surface area contributed by atoms with Gasteiger partial charge < -0.3 is 41.2 Å². The van der Waals surface area contributed by atoms with Gasteiger partial charge in [0.2, 0.25) is 0 Å². The second-order valence-corrected chi connectivity index (χ2v) is 18.9. The molecule has 0 spiro atoms. The highest BCUT2D eigenvalue weighted by molar-refractivity contribution is 5.86. The van der Waals surface area contributed by atoms with Crippen LogP contribution in [0.25, 0.3) is 22.3 Å². The lowest BCUT2D eigenvalue weighted by Crippen LogP contribution is -2.19. The van der Waals surface area contributed by atoms with E-state index >= 15 is 0 Å². The van der Waals surface area contributed by atoms with Crippen LogP contribution < -0.4 is 42.7 Å². The Labute approximate surface area is 440 Å². The summed E-state index contributed by atoms with van der Waals surface area (Å²) in [4.78, 5) is 15.8. The van der Waals surface area contributed by atoms with Gasteiger partial charge in [0.15, 0.2) is 0 Å². The highest BCUT2D eigenvalue weighted by Crippen LogP contribution is 2.31. The van der Waals surface area contributed by atoms with Crippen molar-refractivity contribution in [3.8, 4) is 0 Å². The van der Waals surface area contributed by atoms with Gasteiger partial charge in [-0.05, 0) is 168 Å². The molecular weight excluding hydrogens is 929 g/mol. The van der Waals surface area contributed by atoms with E-state index in [9.17, 15) is 0 Å². The molecule has 1 aliphatic rings. The Morgan fingerprint density at radius 1 is 0.171 bits per heavy atom. The van der Waals surface area contributed by atoms with Crippen LogP contribution >= 0.6 is 0 Å². The van der Waals surface area contributed by atoms with Crippen molar-refractivity contribution in [2.45, 2.75) is 0 Å². The molecule has 8 nitrogen and oxygen atoms in total. The summed E-state index contributed by atoms with van der Waals surface area (Å²) in [5.41, 5.74) is 20.5. The lowest BCUT2D eigenvalue weighted by atomic mass is 10.0. The molecule has 364 valence electrons. The van der Waals surface area contributed by atoms with Crippen molar-refractivity contribution in [2.75, 3.05) is 21.3 Å². The number of rotatable bonds is 12. The summed E-state index contributed by atoms with van der Waals surface area (Å²) in [7, 11) is 0. The van der Waals surface area contributed by atoms with E-state index in [1.165, 1.54) is 0 Å². The molecule has 13 rings (SSSR count). The largest absolute Gasteiger partial charge is 0.356 e. The van der Waals surface area contributed by atoms with Crippen LogP contribution in [0.3, 0.4) is 0 Å². The molecular formula is C68H52N8. The monoisotopic (exact) mass is 980 g/mol. The predicted octanol–water partition coefficient (Wildman–Crippen LogP) is 13.3. The molecule has 8 bridgehead atoms. The third-order valence-corrected chi connectivity index (χ3v) is 13.8. The maximum atomic E-state index is 3.96. The van der Waals surface area contributed by atoms with Gasteiger partial charge in [-0.1, -0.05) is 121 Å². The molecule has 0 atom stereocenters. The van der Waals surface area contributed by atoms with E-state index in [1.54, 1.807) is 0 Å². The molecule has 76 heavy (non-hydrogen) atoms. The zero-order chi connectivity index (χ0) is 50.6. The number of benzene rings is 8. The SMILES string of the molecule is c1ccc(Nc2ccc(C3=c4ccc([nH]4)=C(c4ccc(Nc5ccccc5)cc4)c4ccc([nH]4)C(c4ccc(Nc5ccccc5)cc4)=c4ccc([nH]4)=C(c4ccc(Nc5ccccc5)cc4)c4ccc3[nH]4)cc2)cc1. The predicted molar refractivity (Wildman–Crippen MR) is 313 cm³/mol. The number of aromatic amines is 4. The maximum absolute atomic E-state index is 3.96. The van der Waals surface area contributed by atoms with E-state index in [4.69, 9.17) is 0 Å². The van der Waals surface area contributed by atoms with Gasteiger partial charge in [-0.3, -0.25) is 0 Å². The van der Waals surface area contributed by atoms with E-state index in [-0.39, 0.29) is 0 Å². The van der Waals surface area contributed by atoms with Gasteiger partial charge in [-0.2, -0.15) is 0 Å². The van der Waals surface area contributed by atoms with Gasteiger partial charge in [0.05, 0.1) is 0 Å². The van der Waals surface area contributed by atoms with Crippen LogP contribution in [-0.4, -0.2) is 19.9 Å². The van der Waals surface area contributed by atoms with Gasteiger partial charge in [-0.25, -0.2) is 0 Å². The Kier molecular flexibility index (Phi) is 12.1. The second kappa shape index (κ2) is 20.2. The Bertz CT molecular complexity index is 3660. The minimum atomic E-state index is 0.974. The van der Waals surface area contributed by atoms with E-state index in [2.05, 4.69) is 235 Å². The van der Waals surface area contributed by atoms with Crippen molar-refractivity contribution in [3.63, 3.8) is 0 Å². The molecule has 5 heterocycles. The zero-order valence-electron chi connectivity index (χ0n) is 41.4. The van der Waals surface area contributed by atoms with Crippen LogP contribution in [0.2, 0.25) is 0 Å². The van der Waals surface area contributed by atoms with Crippen molar-refractivity contribution in [3.05, 3.63) is 333 Å². The molecule has 1 aliphatic heterocycles. The summed E-state index contributed by atoms with van der Waals surface area (Å²) < 4.78 is 0. The number of fused-ring (bicyclic) bond motifs is 8. The summed E-state index contributed by atoms with van der Waals surface area (Å²) >= 11 is 0. The first-order valence-electron chi connectivity index (χ1n) is 25.6. The molecule has 0 saturated heterocycles. The first-order valence-corrected chi connectivity index (χ1v) is 25.6. The van der Waals surface area contributed by atoms with Gasteiger partial charge >= 0.3 is 0 Å². The molecule has 0 aliphatic carbocycles. The average molecular weight is 981 g/mol. The van der Waals surface area contributed by atoms with Crippen molar-refractivity contribution >= 4 is 67.8 Å². The normalized spacial score (nSPS) is 12.1. The fraction of sp³-hybridized carbons (Fsp3) is 0. The molecule has 0 unspecified atom stereocenters. The first kappa shape index (κ1) is 45.4. The molecule has 8 heteroatoms. The molecule has 0 amide bonds. The van der Waals surface area contributed by atoms with Crippen molar-refractivity contribution < 1.29 is 0 Å².